The van der Waals surface area contributed by atoms with Gasteiger partial charge in [0.1, 0.15) is 23.5 Å². The van der Waals surface area contributed by atoms with Crippen molar-refractivity contribution in [3.8, 4) is 5.75 Å². The van der Waals surface area contributed by atoms with Crippen molar-refractivity contribution in [2.24, 2.45) is 0 Å². The molecule has 0 spiro atoms. The number of nitrogens with one attached hydrogen (secondary N) is 1. The van der Waals surface area contributed by atoms with E-state index < -0.39 is 0 Å². The van der Waals surface area contributed by atoms with Crippen LogP contribution in [-0.4, -0.2) is 40.8 Å². The van der Waals surface area contributed by atoms with Crippen LogP contribution in [0, 0.1) is 12.7 Å². The summed E-state index contributed by atoms with van der Waals surface area (Å²) in [6.45, 7) is 3.41. The molecule has 25 heavy (non-hydrogen) atoms. The maximum Gasteiger partial charge on any atom is 0.222 e. The smallest absolute Gasteiger partial charge is 0.222 e. The van der Waals surface area contributed by atoms with Crippen molar-refractivity contribution < 1.29 is 18.7 Å². The molecule has 0 saturated carbocycles. The zero-order valence-electron chi connectivity index (χ0n) is 14.2. The Morgan fingerprint density at radius 3 is 3.16 bits per heavy atom. The molecule has 1 aliphatic heterocycles. The van der Waals surface area contributed by atoms with Crippen LogP contribution in [0.4, 0.5) is 4.39 Å². The molecular weight excluding hydrogens is 325 g/mol. The highest BCUT2D eigenvalue weighted by Gasteiger charge is 2.29. The van der Waals surface area contributed by atoms with Gasteiger partial charge in [0.2, 0.25) is 5.91 Å². The maximum absolute atomic E-state index is 13.3. The van der Waals surface area contributed by atoms with Crippen molar-refractivity contribution in [2.45, 2.75) is 38.5 Å². The summed E-state index contributed by atoms with van der Waals surface area (Å²) in [4.78, 5) is 16.4. The van der Waals surface area contributed by atoms with E-state index in [1.54, 1.807) is 18.3 Å². The summed E-state index contributed by atoms with van der Waals surface area (Å²) in [5.41, 5.74) is 0. The summed E-state index contributed by atoms with van der Waals surface area (Å²) in [6, 6.07) is 5.82. The van der Waals surface area contributed by atoms with E-state index >= 15 is 0 Å². The molecule has 1 amide bonds. The molecule has 0 unspecified atom stereocenters. The number of amides is 1. The minimum atomic E-state index is -0.356. The fourth-order valence-electron chi connectivity index (χ4n) is 2.85. The number of imidazole rings is 1. The van der Waals surface area contributed by atoms with E-state index in [1.165, 1.54) is 12.1 Å². The van der Waals surface area contributed by atoms with Crippen molar-refractivity contribution in [1.82, 2.24) is 14.9 Å². The first kappa shape index (κ1) is 17.4. The molecule has 2 heterocycles. The van der Waals surface area contributed by atoms with Crippen molar-refractivity contribution in [1.29, 1.82) is 0 Å². The van der Waals surface area contributed by atoms with Gasteiger partial charge in [-0.05, 0) is 25.5 Å². The summed E-state index contributed by atoms with van der Waals surface area (Å²) in [7, 11) is 0. The quantitative estimate of drug-likeness (QED) is 0.869. The van der Waals surface area contributed by atoms with Gasteiger partial charge in [-0.2, -0.15) is 0 Å². The van der Waals surface area contributed by atoms with Gasteiger partial charge in [-0.15, -0.1) is 0 Å². The Hall–Kier alpha value is -2.41. The van der Waals surface area contributed by atoms with Crippen molar-refractivity contribution in [3.05, 3.63) is 48.3 Å². The number of benzene rings is 1. The normalized spacial score (nSPS) is 20.2. The van der Waals surface area contributed by atoms with E-state index in [4.69, 9.17) is 9.47 Å². The minimum absolute atomic E-state index is 0.0483. The molecule has 0 bridgehead atoms. The second-order valence-corrected chi connectivity index (χ2v) is 6.07. The highest BCUT2D eigenvalue weighted by atomic mass is 19.1. The number of hydrogen-bond acceptors (Lipinski definition) is 4. The standard InChI is InChI=1S/C18H22FN3O3/c1-13-20-7-9-22(13)8-5-18(23)21-16-6-10-24-12-17(16)25-15-4-2-3-14(19)11-15/h2-4,7,9,11,16-17H,5-6,8,10,12H2,1H3,(H,21,23)/t16-,17-/m1/s1. The number of carbonyl (C=O) groups is 1. The third kappa shape index (κ3) is 4.79. The van der Waals surface area contributed by atoms with Crippen molar-refractivity contribution >= 4 is 5.91 Å². The molecule has 3 rings (SSSR count). The van der Waals surface area contributed by atoms with Gasteiger partial charge >= 0.3 is 0 Å². The van der Waals surface area contributed by atoms with Crippen molar-refractivity contribution in [2.75, 3.05) is 13.2 Å². The predicted molar refractivity (Wildman–Crippen MR) is 89.8 cm³/mol. The van der Waals surface area contributed by atoms with Gasteiger partial charge in [0.15, 0.2) is 0 Å². The highest BCUT2D eigenvalue weighted by molar-refractivity contribution is 5.76. The third-order valence-electron chi connectivity index (χ3n) is 4.24. The predicted octanol–water partition coefficient (Wildman–Crippen LogP) is 2.07. The highest BCUT2D eigenvalue weighted by Crippen LogP contribution is 2.19. The van der Waals surface area contributed by atoms with Gasteiger partial charge in [-0.3, -0.25) is 4.79 Å². The summed E-state index contributed by atoms with van der Waals surface area (Å²) >= 11 is 0. The van der Waals surface area contributed by atoms with Gasteiger partial charge in [0, 0.05) is 38.0 Å². The van der Waals surface area contributed by atoms with Gasteiger partial charge in [0.05, 0.1) is 12.6 Å². The van der Waals surface area contributed by atoms with Gasteiger partial charge in [0.25, 0.3) is 0 Å². The van der Waals surface area contributed by atoms with Gasteiger partial charge in [-0.25, -0.2) is 9.37 Å². The summed E-state index contributed by atoms with van der Waals surface area (Å²) in [5, 5.41) is 3.01. The first-order chi connectivity index (χ1) is 12.1. The Kier molecular flexibility index (Phi) is 5.65. The molecule has 2 aromatic rings. The van der Waals surface area contributed by atoms with Crippen LogP contribution in [0.1, 0.15) is 18.7 Å². The average Bonchev–Trinajstić information content (AvgIpc) is 3.00. The van der Waals surface area contributed by atoms with Crippen LogP contribution >= 0.6 is 0 Å². The number of carbonyl (C=O) groups excluding carboxylic acids is 1. The SMILES string of the molecule is Cc1nccn1CCC(=O)N[C@@H]1CCOC[C@H]1Oc1cccc(F)c1. The molecular formula is C18H22FN3O3. The van der Waals surface area contributed by atoms with Crippen LogP contribution in [0.25, 0.3) is 0 Å². The van der Waals surface area contributed by atoms with Crippen LogP contribution in [-0.2, 0) is 16.1 Å². The van der Waals surface area contributed by atoms with E-state index in [-0.39, 0.29) is 23.9 Å². The lowest BCUT2D eigenvalue weighted by atomic mass is 10.1. The van der Waals surface area contributed by atoms with Crippen LogP contribution in [0.15, 0.2) is 36.7 Å². The first-order valence-electron chi connectivity index (χ1n) is 8.39. The number of aromatic nitrogens is 2. The lowest BCUT2D eigenvalue weighted by molar-refractivity contribution is -0.124. The number of aryl methyl sites for hydroxylation is 2. The molecule has 7 heteroatoms. The fourth-order valence-corrected chi connectivity index (χ4v) is 2.85. The lowest BCUT2D eigenvalue weighted by Crippen LogP contribution is -2.51. The molecule has 0 aliphatic carbocycles. The minimum Gasteiger partial charge on any atom is -0.486 e. The molecule has 1 fully saturated rings. The molecule has 1 N–H and O–H groups in total. The number of ether oxygens (including phenoxy) is 2. The number of hydrogen-bond donors (Lipinski definition) is 1. The summed E-state index contributed by atoms with van der Waals surface area (Å²) < 4.78 is 26.5. The Bertz CT molecular complexity index is 719. The molecule has 134 valence electrons. The third-order valence-corrected chi connectivity index (χ3v) is 4.24. The van der Waals surface area contributed by atoms with Crippen LogP contribution in [0.5, 0.6) is 5.75 Å². The number of nitrogens with zero attached hydrogens (tertiary/aromatic N) is 2. The largest absolute Gasteiger partial charge is 0.486 e. The van der Waals surface area contributed by atoms with E-state index in [0.717, 1.165) is 5.82 Å². The topological polar surface area (TPSA) is 65.4 Å². The molecule has 2 atom stereocenters. The summed E-state index contributed by atoms with van der Waals surface area (Å²) in [5.74, 6) is 0.910. The molecule has 1 aromatic carbocycles. The maximum atomic E-state index is 13.3. The average molecular weight is 347 g/mol. The van der Waals surface area contributed by atoms with Crippen LogP contribution in [0.2, 0.25) is 0 Å². The summed E-state index contributed by atoms with van der Waals surface area (Å²) in [6.07, 6.45) is 4.26. The Morgan fingerprint density at radius 2 is 2.40 bits per heavy atom. The van der Waals surface area contributed by atoms with Crippen LogP contribution < -0.4 is 10.1 Å². The Balaban J connectivity index is 1.55. The van der Waals surface area contributed by atoms with Crippen LogP contribution in [0.3, 0.4) is 0 Å². The second kappa shape index (κ2) is 8.11. The zero-order valence-corrected chi connectivity index (χ0v) is 14.2. The molecule has 0 radical (unpaired) electrons. The van der Waals surface area contributed by atoms with Crippen molar-refractivity contribution in [3.63, 3.8) is 0 Å². The molecule has 1 aromatic heterocycles. The van der Waals surface area contributed by atoms with Gasteiger partial charge < -0.3 is 19.4 Å². The number of halogens is 1. The van der Waals surface area contributed by atoms with Gasteiger partial charge in [-0.1, -0.05) is 6.07 Å². The first-order valence-corrected chi connectivity index (χ1v) is 8.39. The fraction of sp³-hybridized carbons (Fsp3) is 0.444. The van der Waals surface area contributed by atoms with E-state index in [2.05, 4.69) is 10.3 Å². The second-order valence-electron chi connectivity index (χ2n) is 6.07. The van der Waals surface area contributed by atoms with E-state index in [9.17, 15) is 9.18 Å². The molecule has 6 nitrogen and oxygen atoms in total. The molecule has 1 saturated heterocycles. The number of rotatable bonds is 6. The Morgan fingerprint density at radius 1 is 1.52 bits per heavy atom. The Labute approximate surface area is 146 Å². The lowest BCUT2D eigenvalue weighted by Gasteiger charge is -2.32. The molecule has 1 aliphatic rings. The monoisotopic (exact) mass is 347 g/mol. The van der Waals surface area contributed by atoms with E-state index in [0.29, 0.717) is 38.3 Å². The van der Waals surface area contributed by atoms with E-state index in [1.807, 2.05) is 17.7 Å². The zero-order chi connectivity index (χ0) is 17.6.